The van der Waals surface area contributed by atoms with Gasteiger partial charge >= 0.3 is 0 Å². The number of anilines is 5. The van der Waals surface area contributed by atoms with Gasteiger partial charge < -0.3 is 10.2 Å². The summed E-state index contributed by atoms with van der Waals surface area (Å²) in [4.78, 5) is 2.50. The predicted molar refractivity (Wildman–Crippen MR) is 462 cm³/mol. The molecule has 0 saturated heterocycles. The molecule has 0 atom stereocenters. The Kier molecular flexibility index (Phi) is 17.4. The van der Waals surface area contributed by atoms with Crippen molar-refractivity contribution in [1.82, 2.24) is 0 Å². The van der Waals surface area contributed by atoms with Gasteiger partial charge in [0.05, 0.1) is 16.5 Å². The first kappa shape index (κ1) is 68.4. The third-order valence-corrected chi connectivity index (χ3v) is 24.1. The highest BCUT2D eigenvalue weighted by molar-refractivity contribution is 9.10. The molecule has 0 aromatic heterocycles. The Bertz CT molecular complexity index is 6020. The topological polar surface area (TPSA) is 15.3 Å². The van der Waals surface area contributed by atoms with Crippen molar-refractivity contribution in [3.05, 3.63) is 471 Å². The number of nitrogens with zero attached hydrogens (tertiary/aromatic N) is 1. The average Bonchev–Trinajstić information content (AvgIpc) is 1.58. The predicted octanol–water partition coefficient (Wildman–Crippen LogP) is 28.3. The summed E-state index contributed by atoms with van der Waals surface area (Å²) in [6.07, 6.45) is 0. The maximum absolute atomic E-state index is 3.71. The van der Waals surface area contributed by atoms with Gasteiger partial charge in [-0.05, 0) is 197 Å². The maximum atomic E-state index is 3.71. The molecule has 0 radical (unpaired) electrons. The number of benzene rings is 16. The van der Waals surface area contributed by atoms with Gasteiger partial charge in [0.2, 0.25) is 0 Å². The summed E-state index contributed by atoms with van der Waals surface area (Å²) in [5.74, 6) is 0. The Morgan fingerprint density at radius 1 is 0.248 bits per heavy atom. The van der Waals surface area contributed by atoms with E-state index in [1.807, 2.05) is 0 Å². The van der Waals surface area contributed by atoms with Crippen LogP contribution < -0.4 is 10.2 Å². The van der Waals surface area contributed by atoms with Crippen molar-refractivity contribution in [3.8, 4) is 66.8 Å². The number of hydrogen-bond donors (Lipinski definition) is 1. The molecule has 0 unspecified atom stereocenters. The van der Waals surface area contributed by atoms with E-state index in [-0.39, 0.29) is 16.2 Å². The van der Waals surface area contributed by atoms with Gasteiger partial charge in [-0.3, -0.25) is 0 Å². The average molecular weight is 1460 g/mol. The van der Waals surface area contributed by atoms with Crippen LogP contribution in [-0.2, 0) is 21.7 Å². The van der Waals surface area contributed by atoms with Gasteiger partial charge in [0.15, 0.2) is 0 Å². The summed E-state index contributed by atoms with van der Waals surface area (Å²) in [5, 5.41) is 3.68. The zero-order valence-electron chi connectivity index (χ0n) is 62.3. The van der Waals surface area contributed by atoms with Crippen molar-refractivity contribution >= 4 is 44.4 Å². The third kappa shape index (κ3) is 11.5. The number of fused-ring (bicyclic) bond motifs is 12. The highest BCUT2D eigenvalue weighted by atomic mass is 79.9. The van der Waals surface area contributed by atoms with Gasteiger partial charge in [-0.15, -0.1) is 0 Å². The molecule has 0 amide bonds. The van der Waals surface area contributed by atoms with Crippen LogP contribution in [0.3, 0.4) is 0 Å². The molecule has 0 heterocycles. The fraction of sp³-hybridized carbons (Fsp3) is 0.0943. The number of nitrogens with one attached hydrogen (secondary N) is 1. The first-order valence-electron chi connectivity index (χ1n) is 38.1. The molecule has 524 valence electrons. The second-order valence-corrected chi connectivity index (χ2v) is 31.5. The number of aryl methyl sites for hydroxylation is 2. The standard InChI is InChI=1S/C53H41N.C28H25N.C25H17Br/c1-36-26-28-37(29-27-36)42-20-12-15-25-51(42)54(40-30-32-45-43-21-10-13-23-47(43)52(2,3)49(45)34-40)41-31-33-46-44-22-11-14-24-48(44)53(50(46)35-41,38-16-6-4-7-17-38)39-18-8-5-9-19-39;1-19-12-14-20(15-13-19)22-8-5-7-11-27(22)29-21-16-17-24-23-9-4-6-10-25(23)28(2,3)26(24)18-21;26-20-15-16-22-21-13-7-8-14-23(21)25(24(22)17-20,18-9-3-1-4-10-18)19-11-5-2-6-12-19/h4-35H,1-3H3;4-18,29H,1-3H3;1-17H. The fourth-order valence-corrected chi connectivity index (χ4v) is 18.8. The van der Waals surface area contributed by atoms with Gasteiger partial charge in [-0.25, -0.2) is 0 Å². The minimum atomic E-state index is -0.492. The minimum absolute atomic E-state index is 0.0140. The SMILES string of the molecule is Brc1ccc2c(c1)C(c1ccccc1)(c1ccccc1)c1ccccc1-2.Cc1ccc(-c2ccccc2N(c2ccc3c(c2)C(C)(C)c2ccccc2-3)c2ccc3c(c2)C(c2ccccc2)(c2ccccc2)c2ccccc2-3)cc1.Cc1ccc(-c2ccccc2Nc2ccc3c(c2)C(C)(C)c2ccccc2-3)cc1. The largest absolute Gasteiger partial charge is 0.355 e. The molecule has 4 aliphatic rings. The second-order valence-electron chi connectivity index (χ2n) is 30.6. The number of rotatable bonds is 11. The van der Waals surface area contributed by atoms with Crippen LogP contribution in [-0.4, -0.2) is 0 Å². The molecule has 0 fully saturated rings. The van der Waals surface area contributed by atoms with Crippen molar-refractivity contribution in [3.63, 3.8) is 0 Å². The molecule has 109 heavy (non-hydrogen) atoms. The molecule has 0 aliphatic heterocycles. The molecule has 3 heteroatoms. The fourth-order valence-electron chi connectivity index (χ4n) is 18.4. The van der Waals surface area contributed by atoms with Crippen LogP contribution in [0.25, 0.3) is 66.8 Å². The van der Waals surface area contributed by atoms with Crippen LogP contribution in [0.4, 0.5) is 28.4 Å². The lowest BCUT2D eigenvalue weighted by Crippen LogP contribution is -2.28. The maximum Gasteiger partial charge on any atom is 0.0714 e. The van der Waals surface area contributed by atoms with E-state index in [4.69, 9.17) is 0 Å². The quantitative estimate of drug-likeness (QED) is 0.139. The lowest BCUT2D eigenvalue weighted by molar-refractivity contribution is 0.660. The zero-order valence-corrected chi connectivity index (χ0v) is 63.9. The van der Waals surface area contributed by atoms with Crippen LogP contribution in [0, 0.1) is 13.8 Å². The number of hydrogen-bond acceptors (Lipinski definition) is 2. The summed E-state index contributed by atoms with van der Waals surface area (Å²) in [6, 6.07) is 142. The summed E-state index contributed by atoms with van der Waals surface area (Å²) >= 11 is 3.71. The Morgan fingerprint density at radius 3 is 1.04 bits per heavy atom. The van der Waals surface area contributed by atoms with E-state index < -0.39 is 5.41 Å². The second kappa shape index (κ2) is 27.7. The van der Waals surface area contributed by atoms with E-state index >= 15 is 0 Å². The summed E-state index contributed by atoms with van der Waals surface area (Å²) in [6.45, 7) is 13.7. The van der Waals surface area contributed by atoms with E-state index in [9.17, 15) is 0 Å². The van der Waals surface area contributed by atoms with Gasteiger partial charge in [0.25, 0.3) is 0 Å². The molecule has 1 N–H and O–H groups in total. The Morgan fingerprint density at radius 2 is 0.569 bits per heavy atom. The van der Waals surface area contributed by atoms with E-state index in [1.165, 1.54) is 145 Å². The Labute approximate surface area is 650 Å². The van der Waals surface area contributed by atoms with Crippen LogP contribution >= 0.6 is 15.9 Å². The van der Waals surface area contributed by atoms with E-state index in [1.54, 1.807) is 0 Å². The lowest BCUT2D eigenvalue weighted by atomic mass is 9.67. The molecule has 0 saturated carbocycles. The molecule has 4 aliphatic carbocycles. The van der Waals surface area contributed by atoms with Crippen molar-refractivity contribution in [2.75, 3.05) is 10.2 Å². The first-order chi connectivity index (χ1) is 53.3. The molecular weight excluding hydrogens is 1380 g/mol. The number of halogens is 1. The van der Waals surface area contributed by atoms with Crippen LogP contribution in [0.2, 0.25) is 0 Å². The van der Waals surface area contributed by atoms with Crippen LogP contribution in [0.1, 0.15) is 106 Å². The molecule has 0 spiro atoms. The smallest absolute Gasteiger partial charge is 0.0714 e. The third-order valence-electron chi connectivity index (χ3n) is 23.6. The summed E-state index contributed by atoms with van der Waals surface area (Å²) < 4.78 is 1.11. The van der Waals surface area contributed by atoms with Crippen molar-refractivity contribution in [2.24, 2.45) is 0 Å². The number of para-hydroxylation sites is 2. The minimum Gasteiger partial charge on any atom is -0.355 e. The van der Waals surface area contributed by atoms with Crippen molar-refractivity contribution < 1.29 is 0 Å². The van der Waals surface area contributed by atoms with Crippen molar-refractivity contribution in [2.45, 2.75) is 63.2 Å². The van der Waals surface area contributed by atoms with Gasteiger partial charge in [-0.2, -0.15) is 0 Å². The normalized spacial score (nSPS) is 13.9. The summed E-state index contributed by atoms with van der Waals surface area (Å²) in [5.41, 5.74) is 38.7. The van der Waals surface area contributed by atoms with Gasteiger partial charge in [0, 0.05) is 49.2 Å². The van der Waals surface area contributed by atoms with E-state index in [2.05, 4.69) is 456 Å². The Balaban J connectivity index is 0.000000127. The molecule has 20 rings (SSSR count). The highest BCUT2D eigenvalue weighted by Gasteiger charge is 2.48. The Hall–Kier alpha value is -12.4. The molecular formula is C106H83BrN2. The van der Waals surface area contributed by atoms with E-state index in [0.29, 0.717) is 0 Å². The molecule has 16 aromatic rings. The molecule has 0 bridgehead atoms. The molecule has 2 nitrogen and oxygen atoms in total. The summed E-state index contributed by atoms with van der Waals surface area (Å²) in [7, 11) is 0. The van der Waals surface area contributed by atoms with Gasteiger partial charge in [-0.1, -0.05) is 382 Å². The lowest BCUT2D eigenvalue weighted by Gasteiger charge is -2.35. The van der Waals surface area contributed by atoms with Crippen LogP contribution in [0.5, 0.6) is 0 Å². The zero-order chi connectivity index (χ0) is 74.0. The van der Waals surface area contributed by atoms with Crippen LogP contribution in [0.15, 0.2) is 393 Å². The molecule has 16 aromatic carbocycles. The van der Waals surface area contributed by atoms with Gasteiger partial charge in [0.1, 0.15) is 0 Å². The highest BCUT2D eigenvalue weighted by Crippen LogP contribution is 2.60. The van der Waals surface area contributed by atoms with Crippen molar-refractivity contribution in [1.29, 1.82) is 0 Å². The first-order valence-corrected chi connectivity index (χ1v) is 38.9. The monoisotopic (exact) mass is 1460 g/mol. The van der Waals surface area contributed by atoms with E-state index in [0.717, 1.165) is 32.9 Å².